The van der Waals surface area contributed by atoms with Gasteiger partial charge < -0.3 is 9.64 Å². The maximum Gasteiger partial charge on any atom is 0.212 e. The molecule has 1 aliphatic heterocycles. The Balaban J connectivity index is 1.54. The molecule has 1 saturated carbocycles. The topological polar surface area (TPSA) is 25.4 Å². The second-order valence-electron chi connectivity index (χ2n) is 6.88. The van der Waals surface area contributed by atoms with Crippen molar-refractivity contribution in [2.45, 2.75) is 57.4 Å². The maximum absolute atomic E-state index is 5.15. The molecule has 116 valence electrons. The van der Waals surface area contributed by atoms with Crippen LogP contribution in [0.4, 0.5) is 0 Å². The summed E-state index contributed by atoms with van der Waals surface area (Å²) in [7, 11) is 1.67. The summed E-state index contributed by atoms with van der Waals surface area (Å²) in [6.45, 7) is 5.05. The number of piperidine rings is 1. The zero-order chi connectivity index (χ0) is 14.7. The van der Waals surface area contributed by atoms with E-state index in [1.54, 1.807) is 7.11 Å². The van der Waals surface area contributed by atoms with Crippen molar-refractivity contribution < 1.29 is 4.74 Å². The van der Waals surface area contributed by atoms with Crippen molar-refractivity contribution in [3.63, 3.8) is 0 Å². The molecule has 3 rings (SSSR count). The summed E-state index contributed by atoms with van der Waals surface area (Å²) in [5, 5.41) is 0. The molecule has 1 aromatic heterocycles. The highest BCUT2D eigenvalue weighted by Crippen LogP contribution is 2.36. The van der Waals surface area contributed by atoms with E-state index in [2.05, 4.69) is 22.9 Å². The van der Waals surface area contributed by atoms with Gasteiger partial charge in [-0.1, -0.05) is 13.0 Å². The summed E-state index contributed by atoms with van der Waals surface area (Å²) in [4.78, 5) is 7.12. The van der Waals surface area contributed by atoms with Crippen molar-refractivity contribution >= 4 is 0 Å². The standard InChI is InChI=1S/C18H28N2O/c1-14-4-3-11-20(13-14)17-8-5-15(6-9-17)16-7-10-18(21-2)19-12-16/h7,10,12,14-15,17H,3-6,8-9,11,13H2,1-2H3. The Morgan fingerprint density at radius 3 is 2.57 bits per heavy atom. The quantitative estimate of drug-likeness (QED) is 0.845. The number of ether oxygens (including phenoxy) is 1. The Labute approximate surface area is 128 Å². The van der Waals surface area contributed by atoms with E-state index in [0.29, 0.717) is 5.92 Å². The van der Waals surface area contributed by atoms with Crippen molar-refractivity contribution in [3.05, 3.63) is 23.9 Å². The Morgan fingerprint density at radius 1 is 1.14 bits per heavy atom. The number of pyridine rings is 1. The maximum atomic E-state index is 5.15. The molecular weight excluding hydrogens is 260 g/mol. The van der Waals surface area contributed by atoms with Gasteiger partial charge in [-0.3, -0.25) is 0 Å². The van der Waals surface area contributed by atoms with Crippen LogP contribution in [-0.4, -0.2) is 36.1 Å². The van der Waals surface area contributed by atoms with Crippen LogP contribution in [0, 0.1) is 5.92 Å². The average Bonchev–Trinajstić information content (AvgIpc) is 2.55. The molecule has 0 aromatic carbocycles. The molecule has 2 fully saturated rings. The number of methoxy groups -OCH3 is 1. The third-order valence-electron chi connectivity index (χ3n) is 5.34. The van der Waals surface area contributed by atoms with Gasteiger partial charge in [0.25, 0.3) is 0 Å². The lowest BCUT2D eigenvalue weighted by atomic mass is 9.81. The van der Waals surface area contributed by atoms with E-state index in [0.717, 1.165) is 17.8 Å². The van der Waals surface area contributed by atoms with E-state index in [1.165, 1.54) is 57.2 Å². The molecule has 0 bridgehead atoms. The zero-order valence-electron chi connectivity index (χ0n) is 13.4. The first kappa shape index (κ1) is 14.8. The molecule has 1 saturated heterocycles. The summed E-state index contributed by atoms with van der Waals surface area (Å²) >= 11 is 0. The fourth-order valence-corrected chi connectivity index (χ4v) is 4.09. The Bertz CT molecular complexity index is 437. The molecule has 2 heterocycles. The van der Waals surface area contributed by atoms with Gasteiger partial charge in [0.15, 0.2) is 0 Å². The molecule has 0 amide bonds. The number of hydrogen-bond donors (Lipinski definition) is 0. The molecule has 3 nitrogen and oxygen atoms in total. The smallest absolute Gasteiger partial charge is 0.212 e. The molecule has 21 heavy (non-hydrogen) atoms. The van der Waals surface area contributed by atoms with Crippen molar-refractivity contribution in [1.82, 2.24) is 9.88 Å². The molecule has 0 spiro atoms. The monoisotopic (exact) mass is 288 g/mol. The van der Waals surface area contributed by atoms with Gasteiger partial charge in [-0.2, -0.15) is 0 Å². The van der Waals surface area contributed by atoms with Crippen LogP contribution in [0.25, 0.3) is 0 Å². The highest BCUT2D eigenvalue weighted by atomic mass is 16.5. The van der Waals surface area contributed by atoms with Gasteiger partial charge in [0, 0.05) is 24.8 Å². The van der Waals surface area contributed by atoms with E-state index >= 15 is 0 Å². The molecule has 0 N–H and O–H groups in total. The number of likely N-dealkylation sites (tertiary alicyclic amines) is 1. The van der Waals surface area contributed by atoms with E-state index in [9.17, 15) is 0 Å². The van der Waals surface area contributed by atoms with Crippen LogP contribution in [0.15, 0.2) is 18.3 Å². The predicted octanol–water partition coefficient (Wildman–Crippen LogP) is 3.85. The second-order valence-corrected chi connectivity index (χ2v) is 6.88. The first-order chi connectivity index (χ1) is 10.3. The van der Waals surface area contributed by atoms with Crippen molar-refractivity contribution in [1.29, 1.82) is 0 Å². The largest absolute Gasteiger partial charge is 0.481 e. The number of hydrogen-bond acceptors (Lipinski definition) is 3. The van der Waals surface area contributed by atoms with E-state index in [1.807, 2.05) is 12.3 Å². The van der Waals surface area contributed by atoms with Crippen LogP contribution in [0.5, 0.6) is 5.88 Å². The summed E-state index contributed by atoms with van der Waals surface area (Å²) < 4.78 is 5.15. The molecule has 3 heteroatoms. The molecular formula is C18H28N2O. The van der Waals surface area contributed by atoms with Gasteiger partial charge in [0.1, 0.15) is 0 Å². The number of aromatic nitrogens is 1. The first-order valence-corrected chi connectivity index (χ1v) is 8.50. The molecule has 2 aliphatic rings. The fraction of sp³-hybridized carbons (Fsp3) is 0.722. The number of rotatable bonds is 3. The SMILES string of the molecule is COc1ccc(C2CCC(N3CCCC(C)C3)CC2)cn1. The van der Waals surface area contributed by atoms with E-state index in [4.69, 9.17) is 4.74 Å². The van der Waals surface area contributed by atoms with Crippen molar-refractivity contribution in [3.8, 4) is 5.88 Å². The van der Waals surface area contributed by atoms with Crippen LogP contribution >= 0.6 is 0 Å². The zero-order valence-corrected chi connectivity index (χ0v) is 13.4. The highest BCUT2D eigenvalue weighted by molar-refractivity contribution is 5.21. The van der Waals surface area contributed by atoms with Gasteiger partial charge >= 0.3 is 0 Å². The average molecular weight is 288 g/mol. The Morgan fingerprint density at radius 2 is 1.95 bits per heavy atom. The molecule has 1 atom stereocenters. The van der Waals surface area contributed by atoms with Gasteiger partial charge in [-0.15, -0.1) is 0 Å². The highest BCUT2D eigenvalue weighted by Gasteiger charge is 2.28. The van der Waals surface area contributed by atoms with Gasteiger partial charge in [-0.05, 0) is 62.5 Å². The normalized spacial score (nSPS) is 31.0. The van der Waals surface area contributed by atoms with Crippen molar-refractivity contribution in [2.75, 3.05) is 20.2 Å². The third-order valence-corrected chi connectivity index (χ3v) is 5.34. The molecule has 1 aliphatic carbocycles. The lowest BCUT2D eigenvalue weighted by molar-refractivity contribution is 0.0997. The molecule has 1 unspecified atom stereocenters. The minimum Gasteiger partial charge on any atom is -0.481 e. The van der Waals surface area contributed by atoms with E-state index in [-0.39, 0.29) is 0 Å². The second kappa shape index (κ2) is 6.78. The summed E-state index contributed by atoms with van der Waals surface area (Å²) in [5.74, 6) is 2.30. The lowest BCUT2D eigenvalue weighted by Crippen LogP contribution is -2.43. The van der Waals surface area contributed by atoms with Gasteiger partial charge in [0.05, 0.1) is 7.11 Å². The van der Waals surface area contributed by atoms with Gasteiger partial charge in [0.2, 0.25) is 5.88 Å². The fourth-order valence-electron chi connectivity index (χ4n) is 4.09. The lowest BCUT2D eigenvalue weighted by Gasteiger charge is -2.40. The van der Waals surface area contributed by atoms with Crippen molar-refractivity contribution in [2.24, 2.45) is 5.92 Å². The molecule has 0 radical (unpaired) electrons. The van der Waals surface area contributed by atoms with Crippen LogP contribution in [0.3, 0.4) is 0 Å². The predicted molar refractivity (Wildman–Crippen MR) is 85.8 cm³/mol. The summed E-state index contributed by atoms with van der Waals surface area (Å²) in [6.07, 6.45) is 10.1. The Kier molecular flexibility index (Phi) is 4.79. The first-order valence-electron chi connectivity index (χ1n) is 8.50. The van der Waals surface area contributed by atoms with Crippen LogP contribution in [0.2, 0.25) is 0 Å². The third kappa shape index (κ3) is 3.57. The summed E-state index contributed by atoms with van der Waals surface area (Å²) in [5.41, 5.74) is 1.39. The number of nitrogens with zero attached hydrogens (tertiary/aromatic N) is 2. The van der Waals surface area contributed by atoms with E-state index < -0.39 is 0 Å². The van der Waals surface area contributed by atoms with Gasteiger partial charge in [-0.25, -0.2) is 4.98 Å². The minimum absolute atomic E-state index is 0.696. The molecule has 1 aromatic rings. The summed E-state index contributed by atoms with van der Waals surface area (Å²) in [6, 6.07) is 5.02. The van der Waals surface area contributed by atoms with Crippen LogP contribution in [-0.2, 0) is 0 Å². The minimum atomic E-state index is 0.696. The van der Waals surface area contributed by atoms with Crippen LogP contribution < -0.4 is 4.74 Å². The van der Waals surface area contributed by atoms with Crippen LogP contribution in [0.1, 0.15) is 56.9 Å². The Hall–Kier alpha value is -1.09.